The molecule has 2 rings (SSSR count). The first-order chi connectivity index (χ1) is 11.9. The lowest BCUT2D eigenvalue weighted by Crippen LogP contribution is -2.04. The fourth-order valence-electron chi connectivity index (χ4n) is 1.77. The molecular formula is C15H13BrN4O5. The fraction of sp³-hybridized carbons (Fsp3) is 0.133. The molecule has 0 saturated heterocycles. The van der Waals surface area contributed by atoms with Crippen molar-refractivity contribution in [2.45, 2.75) is 6.92 Å². The van der Waals surface area contributed by atoms with E-state index in [1.165, 1.54) is 32.4 Å². The van der Waals surface area contributed by atoms with E-state index in [1.54, 1.807) is 12.1 Å². The molecule has 2 aromatic rings. The number of esters is 1. The minimum absolute atomic E-state index is 0.108. The van der Waals surface area contributed by atoms with Gasteiger partial charge in [0.15, 0.2) is 11.5 Å². The number of anilines is 1. The highest BCUT2D eigenvalue weighted by Crippen LogP contribution is 2.33. The maximum atomic E-state index is 11.1. The van der Waals surface area contributed by atoms with Crippen molar-refractivity contribution in [1.29, 1.82) is 0 Å². The van der Waals surface area contributed by atoms with E-state index in [2.05, 4.69) is 31.4 Å². The van der Waals surface area contributed by atoms with Crippen LogP contribution in [-0.4, -0.2) is 29.2 Å². The molecule has 1 heterocycles. The lowest BCUT2D eigenvalue weighted by molar-refractivity contribution is -0.385. The van der Waals surface area contributed by atoms with Gasteiger partial charge in [0.2, 0.25) is 0 Å². The largest absolute Gasteiger partial charge is 0.493 e. The molecule has 0 spiro atoms. The standard InChI is InChI=1S/C15H13BrN4O5/c1-9(21)25-14-6-12(16)10(5-13(14)24-2)7-18-19-15-4-3-11(8-17-15)20(22)23/h3-8H,1-2H3,(H,17,19)/b18-7-. The molecule has 0 aliphatic rings. The van der Waals surface area contributed by atoms with Gasteiger partial charge >= 0.3 is 5.97 Å². The summed E-state index contributed by atoms with van der Waals surface area (Å²) in [4.78, 5) is 25.0. The summed E-state index contributed by atoms with van der Waals surface area (Å²) in [5.74, 6) is 0.538. The number of nitrogens with zero attached hydrogens (tertiary/aromatic N) is 3. The lowest BCUT2D eigenvalue weighted by Gasteiger charge is -2.10. The van der Waals surface area contributed by atoms with Crippen LogP contribution in [0.4, 0.5) is 11.5 Å². The zero-order chi connectivity index (χ0) is 18.4. The van der Waals surface area contributed by atoms with Gasteiger partial charge in [-0.15, -0.1) is 0 Å². The lowest BCUT2D eigenvalue weighted by atomic mass is 10.2. The number of carbonyl (C=O) groups is 1. The Morgan fingerprint density at radius 3 is 2.72 bits per heavy atom. The molecule has 0 bridgehead atoms. The van der Waals surface area contributed by atoms with E-state index >= 15 is 0 Å². The highest BCUT2D eigenvalue weighted by Gasteiger charge is 2.11. The van der Waals surface area contributed by atoms with Gasteiger partial charge in [0.25, 0.3) is 5.69 Å². The second-order valence-corrected chi connectivity index (χ2v) is 5.50. The molecule has 25 heavy (non-hydrogen) atoms. The van der Waals surface area contributed by atoms with E-state index in [0.29, 0.717) is 21.6 Å². The first-order valence-electron chi connectivity index (χ1n) is 6.86. The zero-order valence-electron chi connectivity index (χ0n) is 13.2. The summed E-state index contributed by atoms with van der Waals surface area (Å²) < 4.78 is 10.9. The van der Waals surface area contributed by atoms with Crippen LogP contribution in [0, 0.1) is 10.1 Å². The number of benzene rings is 1. The molecule has 9 nitrogen and oxygen atoms in total. The number of pyridine rings is 1. The molecule has 1 aromatic carbocycles. The Bertz CT molecular complexity index is 823. The monoisotopic (exact) mass is 408 g/mol. The Kier molecular flexibility index (Phi) is 6.01. The van der Waals surface area contributed by atoms with E-state index in [9.17, 15) is 14.9 Å². The van der Waals surface area contributed by atoms with Crippen molar-refractivity contribution >= 4 is 39.6 Å². The average Bonchev–Trinajstić information content (AvgIpc) is 2.56. The van der Waals surface area contributed by atoms with Gasteiger partial charge in [-0.05, 0) is 34.1 Å². The number of carbonyl (C=O) groups excluding carboxylic acids is 1. The Morgan fingerprint density at radius 2 is 2.16 bits per heavy atom. The van der Waals surface area contributed by atoms with Crippen LogP contribution in [0.15, 0.2) is 40.0 Å². The number of methoxy groups -OCH3 is 1. The molecule has 0 aliphatic carbocycles. The summed E-state index contributed by atoms with van der Waals surface area (Å²) in [5.41, 5.74) is 3.21. The number of ether oxygens (including phenoxy) is 2. The molecule has 0 fully saturated rings. The van der Waals surface area contributed by atoms with Crippen LogP contribution in [0.1, 0.15) is 12.5 Å². The van der Waals surface area contributed by atoms with E-state index in [4.69, 9.17) is 9.47 Å². The van der Waals surface area contributed by atoms with Crippen LogP contribution in [0.5, 0.6) is 11.5 Å². The molecule has 0 aliphatic heterocycles. The smallest absolute Gasteiger partial charge is 0.308 e. The van der Waals surface area contributed by atoms with Crippen LogP contribution < -0.4 is 14.9 Å². The predicted octanol–water partition coefficient (Wildman–Crippen LogP) is 3.13. The van der Waals surface area contributed by atoms with Crippen molar-refractivity contribution < 1.29 is 19.2 Å². The van der Waals surface area contributed by atoms with Crippen molar-refractivity contribution in [3.63, 3.8) is 0 Å². The zero-order valence-corrected chi connectivity index (χ0v) is 14.8. The van der Waals surface area contributed by atoms with Gasteiger partial charge < -0.3 is 9.47 Å². The number of aromatic nitrogens is 1. The quantitative estimate of drug-likeness (QED) is 0.256. The molecule has 0 amide bonds. The molecular weight excluding hydrogens is 396 g/mol. The Morgan fingerprint density at radius 1 is 1.40 bits per heavy atom. The average molecular weight is 409 g/mol. The summed E-state index contributed by atoms with van der Waals surface area (Å²) in [5, 5.41) is 14.6. The van der Waals surface area contributed by atoms with Gasteiger partial charge in [0.1, 0.15) is 12.0 Å². The molecule has 0 radical (unpaired) electrons. The van der Waals surface area contributed by atoms with Crippen molar-refractivity contribution in [2.24, 2.45) is 5.10 Å². The Hall–Kier alpha value is -3.01. The minimum Gasteiger partial charge on any atom is -0.493 e. The minimum atomic E-state index is -0.534. The normalized spacial score (nSPS) is 10.5. The second kappa shape index (κ2) is 8.20. The van der Waals surface area contributed by atoms with Gasteiger partial charge in [0, 0.05) is 23.0 Å². The molecule has 0 unspecified atom stereocenters. The maximum Gasteiger partial charge on any atom is 0.308 e. The number of halogens is 1. The number of hydrogen-bond donors (Lipinski definition) is 1. The van der Waals surface area contributed by atoms with E-state index in [1.807, 2.05) is 0 Å². The summed E-state index contributed by atoms with van der Waals surface area (Å²) in [6.07, 6.45) is 2.62. The van der Waals surface area contributed by atoms with Gasteiger partial charge in [-0.2, -0.15) is 5.10 Å². The topological polar surface area (TPSA) is 116 Å². The summed E-state index contributed by atoms with van der Waals surface area (Å²) >= 11 is 3.36. The number of hydrogen-bond acceptors (Lipinski definition) is 8. The molecule has 0 saturated carbocycles. The first kappa shape index (κ1) is 18.3. The number of nitro groups is 1. The molecule has 0 atom stereocenters. The maximum absolute atomic E-state index is 11.1. The highest BCUT2D eigenvalue weighted by molar-refractivity contribution is 9.10. The van der Waals surface area contributed by atoms with E-state index < -0.39 is 10.9 Å². The summed E-state index contributed by atoms with van der Waals surface area (Å²) in [7, 11) is 1.45. The van der Waals surface area contributed by atoms with Crippen LogP contribution in [-0.2, 0) is 4.79 Å². The van der Waals surface area contributed by atoms with Crippen molar-refractivity contribution in [2.75, 3.05) is 12.5 Å². The van der Waals surface area contributed by atoms with Crippen molar-refractivity contribution in [1.82, 2.24) is 4.98 Å². The van der Waals surface area contributed by atoms with E-state index in [0.717, 1.165) is 6.20 Å². The first-order valence-corrected chi connectivity index (χ1v) is 7.65. The number of rotatable bonds is 6. The summed E-state index contributed by atoms with van der Waals surface area (Å²) in [6.45, 7) is 1.30. The van der Waals surface area contributed by atoms with Gasteiger partial charge in [-0.1, -0.05) is 0 Å². The fourth-order valence-corrected chi connectivity index (χ4v) is 2.20. The van der Waals surface area contributed by atoms with Crippen molar-refractivity contribution in [3.8, 4) is 11.5 Å². The Balaban J connectivity index is 2.14. The van der Waals surface area contributed by atoms with Gasteiger partial charge in [0.05, 0.1) is 18.2 Å². The van der Waals surface area contributed by atoms with Crippen LogP contribution in [0.25, 0.3) is 0 Å². The van der Waals surface area contributed by atoms with Crippen LogP contribution in [0.3, 0.4) is 0 Å². The van der Waals surface area contributed by atoms with Crippen molar-refractivity contribution in [3.05, 3.63) is 50.6 Å². The Labute approximate surface area is 150 Å². The third-order valence-corrected chi connectivity index (χ3v) is 3.56. The molecule has 1 aromatic heterocycles. The third kappa shape index (κ3) is 4.98. The summed E-state index contributed by atoms with van der Waals surface area (Å²) in [6, 6.07) is 5.98. The van der Waals surface area contributed by atoms with Crippen LogP contribution in [0.2, 0.25) is 0 Å². The third-order valence-electron chi connectivity index (χ3n) is 2.88. The van der Waals surface area contributed by atoms with Gasteiger partial charge in [-0.3, -0.25) is 20.3 Å². The molecule has 1 N–H and O–H groups in total. The predicted molar refractivity (Wildman–Crippen MR) is 94.1 cm³/mol. The second-order valence-electron chi connectivity index (χ2n) is 4.65. The number of nitrogens with one attached hydrogen (secondary N) is 1. The highest BCUT2D eigenvalue weighted by atomic mass is 79.9. The van der Waals surface area contributed by atoms with Crippen LogP contribution >= 0.6 is 15.9 Å². The van der Waals surface area contributed by atoms with E-state index in [-0.39, 0.29) is 11.4 Å². The SMILES string of the molecule is COc1cc(/C=N\Nc2ccc([N+](=O)[O-])cn2)c(Br)cc1OC(C)=O. The molecule has 130 valence electrons. The molecule has 10 heteroatoms. The number of hydrazone groups is 1. The van der Waals surface area contributed by atoms with Gasteiger partial charge in [-0.25, -0.2) is 4.98 Å².